The normalized spacial score (nSPS) is 13.8. The highest BCUT2D eigenvalue weighted by Gasteiger charge is 2.24. The highest BCUT2D eigenvalue weighted by Crippen LogP contribution is 2.12. The first-order chi connectivity index (χ1) is 30.5. The molecule has 1 N–H and O–H groups in total. The molecule has 1 atom stereocenters. The number of rotatable bonds is 43. The van der Waals surface area contributed by atoms with Gasteiger partial charge in [0.05, 0.1) is 26.2 Å². The molecular formula is C53H92N2O7. The van der Waals surface area contributed by atoms with Crippen LogP contribution in [0.15, 0.2) is 48.6 Å². The van der Waals surface area contributed by atoms with Crippen molar-refractivity contribution in [2.75, 3.05) is 39.5 Å². The predicted molar refractivity (Wildman–Crippen MR) is 257 cm³/mol. The van der Waals surface area contributed by atoms with Gasteiger partial charge in [-0.15, -0.1) is 0 Å². The first-order valence-electron chi connectivity index (χ1n) is 25.6. The second kappa shape index (κ2) is 44.4. The van der Waals surface area contributed by atoms with Crippen molar-refractivity contribution in [1.29, 1.82) is 0 Å². The second-order valence-electron chi connectivity index (χ2n) is 17.2. The maximum absolute atomic E-state index is 13.1. The van der Waals surface area contributed by atoms with Crippen LogP contribution in [-0.2, 0) is 33.4 Å². The molecule has 9 heteroatoms. The highest BCUT2D eigenvalue weighted by molar-refractivity contribution is 5.86. The van der Waals surface area contributed by atoms with Crippen LogP contribution in [0, 0.1) is 0 Å². The van der Waals surface area contributed by atoms with Gasteiger partial charge in [0.25, 0.3) is 0 Å². The molecule has 1 unspecified atom stereocenters. The summed E-state index contributed by atoms with van der Waals surface area (Å²) in [4.78, 5) is 53.3. The molecule has 1 amide bonds. The van der Waals surface area contributed by atoms with Crippen molar-refractivity contribution in [3.63, 3.8) is 0 Å². The molecular weight excluding hydrogens is 777 g/mol. The molecule has 0 aliphatic carbocycles. The van der Waals surface area contributed by atoms with Gasteiger partial charge in [-0.05, 0) is 129 Å². The molecule has 1 aliphatic heterocycles. The number of carbonyl (C=O) groups excluding carboxylic acids is 4. The van der Waals surface area contributed by atoms with Gasteiger partial charge in [0.2, 0.25) is 5.91 Å². The van der Waals surface area contributed by atoms with E-state index in [1.165, 1.54) is 96.3 Å². The molecule has 9 nitrogen and oxygen atoms in total. The molecule has 0 aromatic rings. The van der Waals surface area contributed by atoms with Gasteiger partial charge in [-0.3, -0.25) is 14.4 Å². The van der Waals surface area contributed by atoms with Gasteiger partial charge in [0, 0.05) is 12.8 Å². The van der Waals surface area contributed by atoms with Gasteiger partial charge in [-0.1, -0.05) is 140 Å². The van der Waals surface area contributed by atoms with E-state index < -0.39 is 29.9 Å². The van der Waals surface area contributed by atoms with Crippen LogP contribution in [0.4, 0.5) is 0 Å². The van der Waals surface area contributed by atoms with Crippen LogP contribution in [0.1, 0.15) is 219 Å². The van der Waals surface area contributed by atoms with E-state index in [-0.39, 0.29) is 32.3 Å². The molecule has 0 aromatic heterocycles. The summed E-state index contributed by atoms with van der Waals surface area (Å²) in [5.74, 6) is -1.82. The Labute approximate surface area is 379 Å². The van der Waals surface area contributed by atoms with Crippen LogP contribution in [0.25, 0.3) is 0 Å². The summed E-state index contributed by atoms with van der Waals surface area (Å²) in [6, 6.07) is -0.983. The topological polar surface area (TPSA) is 111 Å². The fourth-order valence-corrected chi connectivity index (χ4v) is 7.41. The summed E-state index contributed by atoms with van der Waals surface area (Å²) in [7, 11) is 0. The molecule has 1 saturated heterocycles. The van der Waals surface area contributed by atoms with Crippen LogP contribution in [0.5, 0.6) is 0 Å². The lowest BCUT2D eigenvalue weighted by Crippen LogP contribution is -2.42. The van der Waals surface area contributed by atoms with Crippen LogP contribution in [0.2, 0.25) is 0 Å². The molecule has 1 heterocycles. The lowest BCUT2D eigenvalue weighted by atomic mass is 10.1. The Morgan fingerprint density at radius 3 is 1.40 bits per heavy atom. The number of nitrogens with one attached hydrogen (secondary N) is 1. The quantitative estimate of drug-likeness (QED) is 0.0279. The van der Waals surface area contributed by atoms with E-state index in [0.717, 1.165) is 103 Å². The average Bonchev–Trinajstić information content (AvgIpc) is 3.80. The zero-order valence-corrected chi connectivity index (χ0v) is 39.9. The van der Waals surface area contributed by atoms with Crippen LogP contribution in [-0.4, -0.2) is 74.2 Å². The van der Waals surface area contributed by atoms with Crippen molar-refractivity contribution in [2.24, 2.45) is 0 Å². The number of likely N-dealkylation sites (tertiary alicyclic amines) is 1. The Kier molecular flexibility index (Phi) is 40.7. The molecule has 0 spiro atoms. The maximum atomic E-state index is 13.1. The maximum Gasteiger partial charge on any atom is 0.328 e. The number of hydrogen-bond donors (Lipinski definition) is 1. The minimum atomic E-state index is -0.983. The number of esters is 3. The molecule has 0 radical (unpaired) electrons. The van der Waals surface area contributed by atoms with Crippen LogP contribution in [0.3, 0.4) is 0 Å². The number of ether oxygens (including phenoxy) is 3. The third-order valence-electron chi connectivity index (χ3n) is 11.3. The van der Waals surface area contributed by atoms with Gasteiger partial charge in [-0.25, -0.2) is 4.79 Å². The standard InChI is InChI=1S/C53H92N2O7/c1-3-5-7-9-11-13-15-17-19-21-23-25-27-29-31-36-46-60-51(57)41-39-49(54-50(56)40-42-52(58)61-47-38-35-45-55-43-33-34-44-55)53(59)62-48-37-32-30-28-26-24-22-20-18-16-14-12-10-8-6-4-2/h11-14,17-20,49H,3-10,15-16,21-48H2,1-2H3,(H,54,56)/b13-11-,14-12-,19-17-,20-18-. The van der Waals surface area contributed by atoms with Gasteiger partial charge in [0.15, 0.2) is 0 Å². The molecule has 0 aromatic carbocycles. The van der Waals surface area contributed by atoms with Crippen molar-refractivity contribution in [1.82, 2.24) is 10.2 Å². The minimum absolute atomic E-state index is 0.00732. The van der Waals surface area contributed by atoms with E-state index in [9.17, 15) is 19.2 Å². The van der Waals surface area contributed by atoms with Crippen molar-refractivity contribution < 1.29 is 33.4 Å². The van der Waals surface area contributed by atoms with Crippen molar-refractivity contribution in [2.45, 2.75) is 225 Å². The van der Waals surface area contributed by atoms with Crippen molar-refractivity contribution >= 4 is 23.8 Å². The zero-order valence-electron chi connectivity index (χ0n) is 39.9. The van der Waals surface area contributed by atoms with E-state index in [1.54, 1.807) is 0 Å². The van der Waals surface area contributed by atoms with Crippen LogP contribution < -0.4 is 5.32 Å². The van der Waals surface area contributed by atoms with E-state index in [2.05, 4.69) is 72.7 Å². The fourth-order valence-electron chi connectivity index (χ4n) is 7.41. The average molecular weight is 869 g/mol. The highest BCUT2D eigenvalue weighted by atomic mass is 16.5. The predicted octanol–water partition coefficient (Wildman–Crippen LogP) is 13.2. The van der Waals surface area contributed by atoms with Gasteiger partial charge in [-0.2, -0.15) is 0 Å². The summed E-state index contributed by atoms with van der Waals surface area (Å²) in [6.07, 6.45) is 49.6. The molecule has 1 fully saturated rings. The first-order valence-corrected chi connectivity index (χ1v) is 25.6. The zero-order chi connectivity index (χ0) is 44.8. The summed E-state index contributed by atoms with van der Waals surface area (Å²) in [5.41, 5.74) is 0. The SMILES string of the molecule is CCCCC/C=C\C/C=C\CCCCCCCCOC(=O)CCC(NC(=O)CCC(=O)OCCCCN1CCCC1)C(=O)OCCCCCCCC/C=C\C/C=C\CCCCC. The third-order valence-corrected chi connectivity index (χ3v) is 11.3. The smallest absolute Gasteiger partial charge is 0.328 e. The number of hydrogen-bond acceptors (Lipinski definition) is 8. The van der Waals surface area contributed by atoms with E-state index >= 15 is 0 Å². The van der Waals surface area contributed by atoms with E-state index in [4.69, 9.17) is 14.2 Å². The molecule has 0 bridgehead atoms. The Balaban J connectivity index is 2.32. The summed E-state index contributed by atoms with van der Waals surface area (Å²) < 4.78 is 16.4. The Hall–Kier alpha value is -3.20. The summed E-state index contributed by atoms with van der Waals surface area (Å²) >= 11 is 0. The van der Waals surface area contributed by atoms with Gasteiger partial charge >= 0.3 is 17.9 Å². The summed E-state index contributed by atoms with van der Waals surface area (Å²) in [6.45, 7) is 8.76. The number of carbonyl (C=O) groups is 4. The lowest BCUT2D eigenvalue weighted by Gasteiger charge is -2.17. The second-order valence-corrected chi connectivity index (χ2v) is 17.2. The molecule has 62 heavy (non-hydrogen) atoms. The monoisotopic (exact) mass is 869 g/mol. The minimum Gasteiger partial charge on any atom is -0.466 e. The number of allylic oxidation sites excluding steroid dienone is 8. The van der Waals surface area contributed by atoms with Gasteiger partial charge in [0.1, 0.15) is 6.04 Å². The van der Waals surface area contributed by atoms with Crippen molar-refractivity contribution in [3.05, 3.63) is 48.6 Å². The Bertz CT molecular complexity index is 1210. The largest absolute Gasteiger partial charge is 0.466 e. The molecule has 356 valence electrons. The van der Waals surface area contributed by atoms with Crippen LogP contribution >= 0.6 is 0 Å². The molecule has 1 rings (SSSR count). The van der Waals surface area contributed by atoms with Gasteiger partial charge < -0.3 is 24.4 Å². The van der Waals surface area contributed by atoms with E-state index in [1.807, 2.05) is 0 Å². The van der Waals surface area contributed by atoms with E-state index in [0.29, 0.717) is 13.2 Å². The molecule has 1 aliphatic rings. The fraction of sp³-hybridized carbons (Fsp3) is 0.774. The Morgan fingerprint density at radius 2 is 0.903 bits per heavy atom. The number of amides is 1. The summed E-state index contributed by atoms with van der Waals surface area (Å²) in [5, 5.41) is 2.72. The third kappa shape index (κ3) is 38.5. The number of unbranched alkanes of at least 4 members (excludes halogenated alkanes) is 19. The number of nitrogens with zero attached hydrogens (tertiary/aromatic N) is 1. The van der Waals surface area contributed by atoms with Crippen molar-refractivity contribution in [3.8, 4) is 0 Å². The lowest BCUT2D eigenvalue weighted by molar-refractivity contribution is -0.149. The Morgan fingerprint density at radius 1 is 0.484 bits per heavy atom. The molecule has 0 saturated carbocycles. The first kappa shape index (κ1) is 56.8.